The van der Waals surface area contributed by atoms with E-state index in [1.807, 2.05) is 26.0 Å². The lowest BCUT2D eigenvalue weighted by molar-refractivity contribution is -0.133. The molecule has 3 N–H and O–H groups in total. The number of nitrogen functional groups attached to an aromatic ring is 1. The molecule has 0 unspecified atom stereocenters. The number of carbonyl (C=O) groups excluding carboxylic acids is 2. The molecule has 0 atom stereocenters. The van der Waals surface area contributed by atoms with Gasteiger partial charge in [-0.25, -0.2) is 0 Å². The molecule has 0 fully saturated rings. The molecule has 146 valence electrons. The number of nitrogens with zero attached hydrogens (tertiary/aromatic N) is 1. The molecule has 0 saturated carbocycles. The first kappa shape index (κ1) is 22.3. The number of anilines is 2. The summed E-state index contributed by atoms with van der Waals surface area (Å²) in [6, 6.07) is 14.2. The number of rotatable bonds is 8. The molecule has 0 aromatic heterocycles. The molecule has 7 heteroatoms. The summed E-state index contributed by atoms with van der Waals surface area (Å²) in [5.74, 6) is 0.342. The largest absolute Gasteiger partial charge is 0.484 e. The zero-order valence-electron chi connectivity index (χ0n) is 15.6. The van der Waals surface area contributed by atoms with Crippen LogP contribution in [0, 0.1) is 0 Å². The maximum absolute atomic E-state index is 12.2. The van der Waals surface area contributed by atoms with E-state index in [1.54, 1.807) is 41.3 Å². The lowest BCUT2D eigenvalue weighted by Crippen LogP contribution is -2.34. The van der Waals surface area contributed by atoms with Gasteiger partial charge in [-0.1, -0.05) is 18.2 Å². The van der Waals surface area contributed by atoms with Gasteiger partial charge in [-0.2, -0.15) is 0 Å². The molecule has 0 aliphatic heterocycles. The van der Waals surface area contributed by atoms with E-state index in [-0.39, 0.29) is 37.2 Å². The van der Waals surface area contributed by atoms with E-state index in [2.05, 4.69) is 5.32 Å². The lowest BCUT2D eigenvalue weighted by atomic mass is 10.1. The smallest absolute Gasteiger partial charge is 0.260 e. The van der Waals surface area contributed by atoms with Crippen molar-refractivity contribution in [2.75, 3.05) is 30.7 Å². The number of likely N-dealkylation sites (N-methyl/N-ethyl adjacent to an activating group) is 1. The average molecular weight is 392 g/mol. The molecule has 0 aliphatic rings. The maximum Gasteiger partial charge on any atom is 0.260 e. The topological polar surface area (TPSA) is 84.7 Å². The highest BCUT2D eigenvalue weighted by atomic mass is 35.5. The predicted octanol–water partition coefficient (Wildman–Crippen LogP) is 3.12. The number of ether oxygens (including phenoxy) is 1. The third-order valence-corrected chi connectivity index (χ3v) is 3.94. The second kappa shape index (κ2) is 11.1. The molecule has 2 aromatic carbocycles. The molecule has 2 amide bonds. The van der Waals surface area contributed by atoms with Crippen LogP contribution in [0.15, 0.2) is 48.5 Å². The van der Waals surface area contributed by atoms with Gasteiger partial charge in [0.15, 0.2) is 6.61 Å². The molecular formula is C20H26ClN3O3. The Morgan fingerprint density at radius 3 is 2.37 bits per heavy atom. The number of amides is 2. The molecule has 2 aromatic rings. The minimum absolute atomic E-state index is 0. The van der Waals surface area contributed by atoms with E-state index >= 15 is 0 Å². The van der Waals surface area contributed by atoms with Gasteiger partial charge in [0.2, 0.25) is 5.91 Å². The minimum Gasteiger partial charge on any atom is -0.484 e. The molecule has 0 saturated heterocycles. The highest BCUT2D eigenvalue weighted by molar-refractivity contribution is 5.92. The molecule has 27 heavy (non-hydrogen) atoms. The van der Waals surface area contributed by atoms with Gasteiger partial charge in [0.1, 0.15) is 5.75 Å². The van der Waals surface area contributed by atoms with Gasteiger partial charge in [0, 0.05) is 30.5 Å². The van der Waals surface area contributed by atoms with Crippen molar-refractivity contribution in [2.45, 2.75) is 20.3 Å². The van der Waals surface area contributed by atoms with Crippen molar-refractivity contribution in [3.63, 3.8) is 0 Å². The molecular weight excluding hydrogens is 366 g/mol. The van der Waals surface area contributed by atoms with Crippen LogP contribution in [-0.2, 0) is 16.0 Å². The van der Waals surface area contributed by atoms with Crippen molar-refractivity contribution >= 4 is 35.6 Å². The van der Waals surface area contributed by atoms with E-state index in [0.29, 0.717) is 30.2 Å². The summed E-state index contributed by atoms with van der Waals surface area (Å²) in [5, 5.41) is 2.83. The first-order chi connectivity index (χ1) is 12.5. The van der Waals surface area contributed by atoms with Crippen LogP contribution >= 0.6 is 12.4 Å². The van der Waals surface area contributed by atoms with Gasteiger partial charge in [-0.05, 0) is 43.7 Å². The van der Waals surface area contributed by atoms with E-state index < -0.39 is 0 Å². The fraction of sp³-hybridized carbons (Fsp3) is 0.300. The van der Waals surface area contributed by atoms with Crippen molar-refractivity contribution < 1.29 is 14.3 Å². The maximum atomic E-state index is 12.2. The Kier molecular flexibility index (Phi) is 9.16. The summed E-state index contributed by atoms with van der Waals surface area (Å²) in [5.41, 5.74) is 7.81. The molecule has 6 nitrogen and oxygen atoms in total. The Morgan fingerprint density at radius 2 is 1.74 bits per heavy atom. The van der Waals surface area contributed by atoms with Crippen LogP contribution in [0.1, 0.15) is 19.4 Å². The van der Waals surface area contributed by atoms with Crippen LogP contribution in [0.4, 0.5) is 11.4 Å². The normalized spacial score (nSPS) is 9.85. The van der Waals surface area contributed by atoms with Gasteiger partial charge in [0.05, 0.1) is 6.42 Å². The van der Waals surface area contributed by atoms with Crippen molar-refractivity contribution in [3.05, 3.63) is 54.1 Å². The first-order valence-corrected chi connectivity index (χ1v) is 8.66. The van der Waals surface area contributed by atoms with Crippen molar-refractivity contribution in [1.29, 1.82) is 0 Å². The minimum atomic E-state index is -0.133. The third-order valence-electron chi connectivity index (χ3n) is 3.94. The zero-order valence-corrected chi connectivity index (χ0v) is 16.4. The number of hydrogen-bond donors (Lipinski definition) is 2. The molecule has 0 bridgehead atoms. The second-order valence-corrected chi connectivity index (χ2v) is 5.85. The SMILES string of the molecule is CCN(CC)C(=O)COc1cccc(NC(=O)Cc2ccc(N)cc2)c1.Cl. The molecule has 0 heterocycles. The fourth-order valence-electron chi connectivity index (χ4n) is 2.50. The third kappa shape index (κ3) is 7.19. The second-order valence-electron chi connectivity index (χ2n) is 5.85. The first-order valence-electron chi connectivity index (χ1n) is 8.66. The van der Waals surface area contributed by atoms with Crippen molar-refractivity contribution in [1.82, 2.24) is 4.90 Å². The number of nitrogens with one attached hydrogen (secondary N) is 1. The summed E-state index contributed by atoms with van der Waals surface area (Å²) >= 11 is 0. The number of nitrogens with two attached hydrogens (primary N) is 1. The van der Waals surface area contributed by atoms with E-state index in [9.17, 15) is 9.59 Å². The number of halogens is 1. The van der Waals surface area contributed by atoms with Crippen LogP contribution in [0.2, 0.25) is 0 Å². The molecule has 0 spiro atoms. The lowest BCUT2D eigenvalue weighted by Gasteiger charge is -2.18. The zero-order chi connectivity index (χ0) is 18.9. The Morgan fingerprint density at radius 1 is 1.07 bits per heavy atom. The number of hydrogen-bond acceptors (Lipinski definition) is 4. The number of carbonyl (C=O) groups is 2. The van der Waals surface area contributed by atoms with Crippen LogP contribution < -0.4 is 15.8 Å². The predicted molar refractivity (Wildman–Crippen MR) is 110 cm³/mol. The summed E-state index contributed by atoms with van der Waals surface area (Å²) in [6.45, 7) is 5.14. The standard InChI is InChI=1S/C20H25N3O3.ClH/c1-3-23(4-2)20(25)14-26-18-7-5-6-17(13-18)22-19(24)12-15-8-10-16(21)11-9-15;/h5-11,13H,3-4,12,14,21H2,1-2H3,(H,22,24);1H. The van der Waals surface area contributed by atoms with Crippen LogP contribution in [0.3, 0.4) is 0 Å². The van der Waals surface area contributed by atoms with Gasteiger partial charge in [-0.3, -0.25) is 9.59 Å². The van der Waals surface area contributed by atoms with Gasteiger partial charge in [0.25, 0.3) is 5.91 Å². The monoisotopic (exact) mass is 391 g/mol. The highest BCUT2D eigenvalue weighted by Crippen LogP contribution is 2.18. The van der Waals surface area contributed by atoms with Gasteiger partial charge >= 0.3 is 0 Å². The quantitative estimate of drug-likeness (QED) is 0.677. The summed E-state index contributed by atoms with van der Waals surface area (Å²) in [7, 11) is 0. The molecule has 0 aliphatic carbocycles. The summed E-state index contributed by atoms with van der Waals surface area (Å²) in [4.78, 5) is 25.9. The van der Waals surface area contributed by atoms with E-state index in [0.717, 1.165) is 5.56 Å². The Bertz CT molecular complexity index is 746. The Hall–Kier alpha value is -2.73. The van der Waals surface area contributed by atoms with Crippen LogP contribution in [0.25, 0.3) is 0 Å². The molecule has 0 radical (unpaired) electrons. The summed E-state index contributed by atoms with van der Waals surface area (Å²) < 4.78 is 5.55. The number of benzene rings is 2. The van der Waals surface area contributed by atoms with E-state index in [1.165, 1.54) is 0 Å². The summed E-state index contributed by atoms with van der Waals surface area (Å²) in [6.07, 6.45) is 0.256. The van der Waals surface area contributed by atoms with Gasteiger partial charge < -0.3 is 20.7 Å². The van der Waals surface area contributed by atoms with Crippen LogP contribution in [-0.4, -0.2) is 36.4 Å². The van der Waals surface area contributed by atoms with Crippen molar-refractivity contribution in [3.8, 4) is 5.75 Å². The Balaban J connectivity index is 0.00000364. The fourth-order valence-corrected chi connectivity index (χ4v) is 2.50. The van der Waals surface area contributed by atoms with Crippen molar-refractivity contribution in [2.24, 2.45) is 0 Å². The highest BCUT2D eigenvalue weighted by Gasteiger charge is 2.10. The van der Waals surface area contributed by atoms with Gasteiger partial charge in [-0.15, -0.1) is 12.4 Å². The average Bonchev–Trinajstić information content (AvgIpc) is 2.63. The molecule has 2 rings (SSSR count). The van der Waals surface area contributed by atoms with E-state index in [4.69, 9.17) is 10.5 Å². The van der Waals surface area contributed by atoms with Crippen LogP contribution in [0.5, 0.6) is 5.75 Å². The Labute approximate surface area is 166 Å².